The van der Waals surface area contributed by atoms with Gasteiger partial charge in [0, 0.05) is 16.1 Å². The molecule has 1 aromatic carbocycles. The van der Waals surface area contributed by atoms with Gasteiger partial charge in [0.05, 0.1) is 0 Å². The van der Waals surface area contributed by atoms with E-state index < -0.39 is 6.04 Å². The van der Waals surface area contributed by atoms with Crippen LogP contribution in [-0.2, 0) is 4.79 Å². The zero-order chi connectivity index (χ0) is 17.1. The van der Waals surface area contributed by atoms with Gasteiger partial charge >= 0.3 is 0 Å². The van der Waals surface area contributed by atoms with Crippen LogP contribution in [0.1, 0.15) is 45.6 Å². The van der Waals surface area contributed by atoms with Gasteiger partial charge in [0.2, 0.25) is 11.7 Å². The number of halogens is 1. The number of nitrogens with zero attached hydrogens (tertiary/aromatic N) is 4. The lowest BCUT2D eigenvalue weighted by atomic mass is 9.86. The third-order valence-corrected chi connectivity index (χ3v) is 5.22. The van der Waals surface area contributed by atoms with Crippen molar-refractivity contribution in [3.8, 4) is 11.4 Å². The van der Waals surface area contributed by atoms with E-state index in [2.05, 4.69) is 43.6 Å². The number of benzene rings is 1. The molecule has 3 rings (SSSR count). The minimum Gasteiger partial charge on any atom is -0.351 e. The fourth-order valence-electron chi connectivity index (χ4n) is 3.04. The molecule has 0 radical (unpaired) electrons. The van der Waals surface area contributed by atoms with Crippen molar-refractivity contribution in [1.82, 2.24) is 25.5 Å². The third-order valence-electron chi connectivity index (χ3n) is 4.70. The Morgan fingerprint density at radius 3 is 2.71 bits per heavy atom. The van der Waals surface area contributed by atoms with Crippen molar-refractivity contribution in [2.45, 2.75) is 51.6 Å². The number of hydrogen-bond donors (Lipinski definition) is 1. The molecular formula is C17H22BrN5O. The van der Waals surface area contributed by atoms with Gasteiger partial charge in [-0.05, 0) is 55.2 Å². The van der Waals surface area contributed by atoms with Gasteiger partial charge in [0.25, 0.3) is 0 Å². The maximum absolute atomic E-state index is 12.5. The topological polar surface area (TPSA) is 72.7 Å². The van der Waals surface area contributed by atoms with Crippen molar-refractivity contribution in [1.29, 1.82) is 0 Å². The summed E-state index contributed by atoms with van der Waals surface area (Å²) in [5.41, 5.74) is 0.873. The molecule has 1 aliphatic rings. The number of nitrogens with one attached hydrogen (secondary N) is 1. The first-order chi connectivity index (χ1) is 11.5. The molecule has 3 atom stereocenters. The number of amides is 1. The second-order valence-corrected chi connectivity index (χ2v) is 7.41. The predicted molar refractivity (Wildman–Crippen MR) is 95.2 cm³/mol. The number of hydrogen-bond acceptors (Lipinski definition) is 4. The molecule has 1 saturated carbocycles. The van der Waals surface area contributed by atoms with Gasteiger partial charge in [-0.2, -0.15) is 4.80 Å². The molecule has 7 heteroatoms. The van der Waals surface area contributed by atoms with E-state index in [1.807, 2.05) is 24.3 Å². The molecule has 1 amide bonds. The van der Waals surface area contributed by atoms with Gasteiger partial charge in [-0.3, -0.25) is 4.79 Å². The van der Waals surface area contributed by atoms with Gasteiger partial charge in [0.1, 0.15) is 6.04 Å². The fraction of sp³-hybridized carbons (Fsp3) is 0.529. The monoisotopic (exact) mass is 391 g/mol. The van der Waals surface area contributed by atoms with Crippen LogP contribution >= 0.6 is 15.9 Å². The van der Waals surface area contributed by atoms with Gasteiger partial charge < -0.3 is 5.32 Å². The smallest absolute Gasteiger partial charge is 0.246 e. The molecule has 1 heterocycles. The molecule has 24 heavy (non-hydrogen) atoms. The molecule has 0 saturated heterocycles. The third kappa shape index (κ3) is 3.83. The summed E-state index contributed by atoms with van der Waals surface area (Å²) in [6.07, 6.45) is 4.66. The summed E-state index contributed by atoms with van der Waals surface area (Å²) in [4.78, 5) is 13.9. The first-order valence-electron chi connectivity index (χ1n) is 8.40. The van der Waals surface area contributed by atoms with Crippen LogP contribution < -0.4 is 5.32 Å². The van der Waals surface area contributed by atoms with Crippen LogP contribution in [0.2, 0.25) is 0 Å². The predicted octanol–water partition coefficient (Wildman–Crippen LogP) is 3.36. The number of rotatable bonds is 4. The quantitative estimate of drug-likeness (QED) is 0.866. The lowest BCUT2D eigenvalue weighted by Gasteiger charge is -2.30. The molecule has 0 bridgehead atoms. The Balaban J connectivity index is 1.67. The van der Waals surface area contributed by atoms with Crippen LogP contribution in [0.15, 0.2) is 28.7 Å². The van der Waals surface area contributed by atoms with Gasteiger partial charge in [-0.15, -0.1) is 10.2 Å². The molecule has 1 aromatic heterocycles. The molecule has 0 spiro atoms. The molecule has 1 aliphatic carbocycles. The highest BCUT2D eigenvalue weighted by atomic mass is 79.9. The van der Waals surface area contributed by atoms with Crippen LogP contribution in [0.25, 0.3) is 11.4 Å². The first kappa shape index (κ1) is 17.1. The molecule has 1 fully saturated rings. The maximum Gasteiger partial charge on any atom is 0.246 e. The highest BCUT2D eigenvalue weighted by Crippen LogP contribution is 2.24. The van der Waals surface area contributed by atoms with Crippen molar-refractivity contribution in [3.63, 3.8) is 0 Å². The number of aromatic nitrogens is 4. The minimum absolute atomic E-state index is 0.0477. The van der Waals surface area contributed by atoms with Crippen LogP contribution in [0.4, 0.5) is 0 Å². The molecule has 6 nitrogen and oxygen atoms in total. The van der Waals surface area contributed by atoms with E-state index in [9.17, 15) is 4.79 Å². The van der Waals surface area contributed by atoms with E-state index >= 15 is 0 Å². The molecule has 2 aromatic rings. The Labute approximate surface area is 150 Å². The van der Waals surface area contributed by atoms with Gasteiger partial charge in [-0.25, -0.2) is 0 Å². The Morgan fingerprint density at radius 2 is 2.00 bits per heavy atom. The lowest BCUT2D eigenvalue weighted by molar-refractivity contribution is -0.125. The summed E-state index contributed by atoms with van der Waals surface area (Å²) in [6.45, 7) is 4.00. The van der Waals surface area contributed by atoms with E-state index in [1.54, 1.807) is 6.92 Å². The average molecular weight is 392 g/mol. The fourth-order valence-corrected chi connectivity index (χ4v) is 3.31. The standard InChI is InChI=1S/C17H22BrN5O/c1-11-5-3-4-6-15(11)19-17(24)12(2)23-21-16(20-22-23)13-7-9-14(18)10-8-13/h7-12,15H,3-6H2,1-2H3,(H,19,24). The zero-order valence-corrected chi connectivity index (χ0v) is 15.5. The minimum atomic E-state index is -0.476. The first-order valence-corrected chi connectivity index (χ1v) is 9.19. The molecule has 1 N–H and O–H groups in total. The lowest BCUT2D eigenvalue weighted by Crippen LogP contribution is -2.44. The molecule has 128 valence electrons. The molecule has 0 aliphatic heterocycles. The Hall–Kier alpha value is -1.76. The van der Waals surface area contributed by atoms with E-state index in [1.165, 1.54) is 24.1 Å². The van der Waals surface area contributed by atoms with Gasteiger partial charge in [-0.1, -0.05) is 35.7 Å². The highest BCUT2D eigenvalue weighted by Gasteiger charge is 2.26. The Bertz CT molecular complexity index is 699. The van der Waals surface area contributed by atoms with Gasteiger partial charge in [0.15, 0.2) is 0 Å². The number of carbonyl (C=O) groups excluding carboxylic acids is 1. The second-order valence-electron chi connectivity index (χ2n) is 6.49. The van der Waals surface area contributed by atoms with Crippen molar-refractivity contribution in [3.05, 3.63) is 28.7 Å². The summed E-state index contributed by atoms with van der Waals surface area (Å²) in [5, 5.41) is 15.6. The van der Waals surface area contributed by atoms with Crippen molar-refractivity contribution in [2.24, 2.45) is 5.92 Å². The second kappa shape index (κ2) is 7.42. The van der Waals surface area contributed by atoms with E-state index in [-0.39, 0.29) is 11.9 Å². The van der Waals surface area contributed by atoms with Crippen molar-refractivity contribution in [2.75, 3.05) is 0 Å². The van der Waals surface area contributed by atoms with E-state index in [4.69, 9.17) is 0 Å². The Kier molecular flexibility index (Phi) is 5.28. The summed E-state index contributed by atoms with van der Waals surface area (Å²) in [5.74, 6) is 0.999. The van der Waals surface area contributed by atoms with Crippen LogP contribution in [-0.4, -0.2) is 32.2 Å². The van der Waals surface area contributed by atoms with Crippen molar-refractivity contribution >= 4 is 21.8 Å². The van der Waals surface area contributed by atoms with Crippen molar-refractivity contribution < 1.29 is 4.79 Å². The summed E-state index contributed by atoms with van der Waals surface area (Å²) in [7, 11) is 0. The SMILES string of the molecule is CC1CCCCC1NC(=O)C(C)n1nnc(-c2ccc(Br)cc2)n1. The molecule has 3 unspecified atom stereocenters. The van der Waals surface area contributed by atoms with Crippen LogP contribution in [0.3, 0.4) is 0 Å². The number of carbonyl (C=O) groups is 1. The van der Waals surface area contributed by atoms with E-state index in [0.29, 0.717) is 11.7 Å². The summed E-state index contributed by atoms with van der Waals surface area (Å²) >= 11 is 3.40. The summed E-state index contributed by atoms with van der Waals surface area (Å²) in [6, 6.07) is 7.46. The normalized spacial score (nSPS) is 22.1. The van der Waals surface area contributed by atoms with Crippen LogP contribution in [0, 0.1) is 5.92 Å². The van der Waals surface area contributed by atoms with Crippen LogP contribution in [0.5, 0.6) is 0 Å². The number of tetrazole rings is 1. The highest BCUT2D eigenvalue weighted by molar-refractivity contribution is 9.10. The Morgan fingerprint density at radius 1 is 1.29 bits per heavy atom. The zero-order valence-electron chi connectivity index (χ0n) is 13.9. The average Bonchev–Trinajstić information content (AvgIpc) is 3.07. The maximum atomic E-state index is 12.5. The molecular weight excluding hydrogens is 370 g/mol. The summed E-state index contributed by atoms with van der Waals surface area (Å²) < 4.78 is 0.994. The van der Waals surface area contributed by atoms with E-state index in [0.717, 1.165) is 16.5 Å². The largest absolute Gasteiger partial charge is 0.351 e.